The number of nitriles is 1. The molecule has 8 heteroatoms. The first kappa shape index (κ1) is 21.6. The second-order valence-electron chi connectivity index (χ2n) is 6.42. The molecule has 1 N–H and O–H groups in total. The molecule has 0 fully saturated rings. The summed E-state index contributed by atoms with van der Waals surface area (Å²) in [6, 6.07) is 23.8. The van der Waals surface area contributed by atoms with Crippen LogP contribution >= 0.6 is 7.92 Å². The van der Waals surface area contributed by atoms with Crippen molar-refractivity contribution in [1.29, 1.82) is 5.26 Å². The quantitative estimate of drug-likeness (QED) is 0.506. The highest BCUT2D eigenvalue weighted by Crippen LogP contribution is 2.39. The van der Waals surface area contributed by atoms with Gasteiger partial charge in [-0.3, -0.25) is 4.79 Å². The maximum Gasteiger partial charge on any atom is 0.471 e. The van der Waals surface area contributed by atoms with E-state index in [0.717, 1.165) is 10.6 Å². The number of anilines is 1. The van der Waals surface area contributed by atoms with Gasteiger partial charge in [-0.2, -0.15) is 18.4 Å². The van der Waals surface area contributed by atoms with E-state index in [1.165, 1.54) is 12.1 Å². The van der Waals surface area contributed by atoms with Gasteiger partial charge in [0, 0.05) is 11.8 Å². The van der Waals surface area contributed by atoms with E-state index >= 15 is 0 Å². The van der Waals surface area contributed by atoms with E-state index in [4.69, 9.17) is 7.85 Å². The summed E-state index contributed by atoms with van der Waals surface area (Å²) in [4.78, 5) is 11.6. The predicted octanol–water partition coefficient (Wildman–Crippen LogP) is 3.49. The van der Waals surface area contributed by atoms with Crippen LogP contribution in [0.2, 0.25) is 0 Å². The van der Waals surface area contributed by atoms with Crippen LogP contribution in [0, 0.1) is 11.3 Å². The number of carbonyl (C=O) groups excluding carboxylic acids is 1. The third-order valence-electron chi connectivity index (χ3n) is 4.34. The van der Waals surface area contributed by atoms with Gasteiger partial charge in [-0.25, -0.2) is 0 Å². The number of amides is 1. The summed E-state index contributed by atoms with van der Waals surface area (Å²) in [6.45, 7) is 0. The van der Waals surface area contributed by atoms with Gasteiger partial charge in [0.25, 0.3) is 0 Å². The Bertz CT molecular complexity index is 1040. The van der Waals surface area contributed by atoms with Gasteiger partial charge in [-0.05, 0) is 36.2 Å². The Morgan fingerprint density at radius 3 is 2.00 bits per heavy atom. The third-order valence-corrected chi connectivity index (χ3v) is 6.84. The van der Waals surface area contributed by atoms with Gasteiger partial charge in [0.15, 0.2) is 0 Å². The first-order valence-electron chi connectivity index (χ1n) is 8.88. The third kappa shape index (κ3) is 5.08. The molecular weight excluding hydrogens is 407 g/mol. The average molecular weight is 422 g/mol. The molecule has 1 amide bonds. The number of nitrogens with zero attached hydrogens (tertiary/aromatic N) is 1. The largest absolute Gasteiger partial charge is 0.471 e. The van der Waals surface area contributed by atoms with Crippen LogP contribution < -0.4 is 21.4 Å². The molecule has 0 aliphatic heterocycles. The van der Waals surface area contributed by atoms with E-state index in [-0.39, 0.29) is 16.7 Å². The molecule has 0 unspecified atom stereocenters. The minimum absolute atomic E-state index is 0.0854. The second-order valence-corrected chi connectivity index (χ2v) is 8.63. The summed E-state index contributed by atoms with van der Waals surface area (Å²) >= 11 is 0. The van der Waals surface area contributed by atoms with Gasteiger partial charge >= 0.3 is 12.1 Å². The minimum Gasteiger partial charge on any atom is -0.319 e. The molecule has 0 atom stereocenters. The van der Waals surface area contributed by atoms with Crippen molar-refractivity contribution in [3.8, 4) is 6.07 Å². The lowest BCUT2D eigenvalue weighted by atomic mass is 9.89. The van der Waals surface area contributed by atoms with Crippen LogP contribution in [-0.2, 0) is 11.0 Å². The Kier molecular flexibility index (Phi) is 6.59. The Hall–Kier alpha value is -3.10. The zero-order valence-electron chi connectivity index (χ0n) is 15.6. The summed E-state index contributed by atoms with van der Waals surface area (Å²) in [6.07, 6.45) is -4.75. The Labute approximate surface area is 174 Å². The lowest BCUT2D eigenvalue weighted by Crippen LogP contribution is -2.32. The molecule has 0 heterocycles. The lowest BCUT2D eigenvalue weighted by molar-refractivity contribution is -0.167. The standard InChI is InChI=1S/C22H15BF3N2OP/c23-19-12-15(13-27)11-16(20(19)28-21(29)22(24,25)26)14-30(17-7-3-1-4-8-17)18-9-5-2-6-10-18/h1-12H,14H2,(H,28,29). The topological polar surface area (TPSA) is 52.9 Å². The van der Waals surface area contributed by atoms with Crippen LogP contribution in [0.4, 0.5) is 18.9 Å². The lowest BCUT2D eigenvalue weighted by Gasteiger charge is -2.22. The van der Waals surface area contributed by atoms with E-state index in [1.807, 2.05) is 72.0 Å². The van der Waals surface area contributed by atoms with Gasteiger partial charge in [-0.1, -0.05) is 66.1 Å². The van der Waals surface area contributed by atoms with Crippen molar-refractivity contribution in [3.05, 3.63) is 83.9 Å². The number of hydrogen-bond acceptors (Lipinski definition) is 2. The van der Waals surface area contributed by atoms with Crippen LogP contribution in [0.5, 0.6) is 0 Å². The Morgan fingerprint density at radius 2 is 1.53 bits per heavy atom. The van der Waals surface area contributed by atoms with E-state index in [1.54, 1.807) is 0 Å². The van der Waals surface area contributed by atoms with E-state index < -0.39 is 20.0 Å². The van der Waals surface area contributed by atoms with Crippen molar-refractivity contribution >= 4 is 43.4 Å². The summed E-state index contributed by atoms with van der Waals surface area (Å²) in [5.74, 6) is -2.11. The summed E-state index contributed by atoms with van der Waals surface area (Å²) in [7, 11) is 4.89. The molecule has 3 aromatic carbocycles. The molecular formula is C22H15BF3N2OP. The monoisotopic (exact) mass is 422 g/mol. The zero-order valence-corrected chi connectivity index (χ0v) is 16.5. The van der Waals surface area contributed by atoms with Crippen molar-refractivity contribution in [3.63, 3.8) is 0 Å². The van der Waals surface area contributed by atoms with Gasteiger partial charge in [0.2, 0.25) is 0 Å². The molecule has 0 bridgehead atoms. The molecule has 0 aliphatic rings. The normalized spacial score (nSPS) is 11.2. The summed E-state index contributed by atoms with van der Waals surface area (Å²) in [5, 5.41) is 13.2. The zero-order chi connectivity index (χ0) is 21.7. The van der Waals surface area contributed by atoms with Gasteiger partial charge in [-0.15, -0.1) is 0 Å². The molecule has 3 rings (SSSR count). The van der Waals surface area contributed by atoms with E-state index in [0.29, 0.717) is 11.7 Å². The fraction of sp³-hybridized carbons (Fsp3) is 0.0909. The first-order chi connectivity index (χ1) is 14.3. The van der Waals surface area contributed by atoms with E-state index in [9.17, 15) is 23.2 Å². The fourth-order valence-corrected chi connectivity index (χ4v) is 5.29. The molecule has 148 valence electrons. The van der Waals surface area contributed by atoms with Crippen LogP contribution in [0.25, 0.3) is 0 Å². The van der Waals surface area contributed by atoms with Crippen molar-refractivity contribution in [2.45, 2.75) is 12.3 Å². The molecule has 0 spiro atoms. The molecule has 2 radical (unpaired) electrons. The predicted molar refractivity (Wildman–Crippen MR) is 114 cm³/mol. The van der Waals surface area contributed by atoms with Gasteiger partial charge in [0.1, 0.15) is 7.85 Å². The highest BCUT2D eigenvalue weighted by Gasteiger charge is 2.39. The number of carbonyl (C=O) groups is 1. The molecule has 0 saturated carbocycles. The number of hydrogen-bond donors (Lipinski definition) is 1. The van der Waals surface area contributed by atoms with Crippen LogP contribution in [-0.4, -0.2) is 19.9 Å². The van der Waals surface area contributed by atoms with Crippen LogP contribution in [0.15, 0.2) is 72.8 Å². The molecule has 0 aromatic heterocycles. The molecule has 0 aliphatic carbocycles. The average Bonchev–Trinajstić information content (AvgIpc) is 2.74. The number of halogens is 3. The first-order valence-corrected chi connectivity index (χ1v) is 10.4. The van der Waals surface area contributed by atoms with Gasteiger partial charge in [0.05, 0.1) is 11.6 Å². The van der Waals surface area contributed by atoms with E-state index in [2.05, 4.69) is 0 Å². The molecule has 0 saturated heterocycles. The Morgan fingerprint density at radius 1 is 1.00 bits per heavy atom. The minimum atomic E-state index is -5.05. The number of benzene rings is 3. The summed E-state index contributed by atoms with van der Waals surface area (Å²) < 4.78 is 38.5. The van der Waals surface area contributed by atoms with Crippen molar-refractivity contribution in [2.24, 2.45) is 0 Å². The van der Waals surface area contributed by atoms with Gasteiger partial charge < -0.3 is 5.32 Å². The smallest absolute Gasteiger partial charge is 0.319 e. The number of nitrogens with one attached hydrogen (secondary N) is 1. The number of rotatable bonds is 5. The highest BCUT2D eigenvalue weighted by molar-refractivity contribution is 7.72. The van der Waals surface area contributed by atoms with Crippen LogP contribution in [0.1, 0.15) is 11.1 Å². The fourth-order valence-electron chi connectivity index (χ4n) is 2.97. The SMILES string of the molecule is [B]c1cc(C#N)cc(CP(c2ccccc2)c2ccccc2)c1NC(=O)C(F)(F)F. The second kappa shape index (κ2) is 9.15. The number of alkyl halides is 3. The molecule has 3 aromatic rings. The summed E-state index contributed by atoms with van der Waals surface area (Å²) in [5.41, 5.74) is 0.389. The van der Waals surface area contributed by atoms with Crippen LogP contribution in [0.3, 0.4) is 0 Å². The van der Waals surface area contributed by atoms with Crippen molar-refractivity contribution in [2.75, 3.05) is 5.32 Å². The van der Waals surface area contributed by atoms with Crippen molar-refractivity contribution in [1.82, 2.24) is 0 Å². The van der Waals surface area contributed by atoms with Crippen molar-refractivity contribution < 1.29 is 18.0 Å². The molecule has 3 nitrogen and oxygen atoms in total. The highest BCUT2D eigenvalue weighted by atomic mass is 31.1. The Balaban J connectivity index is 2.09. The molecule has 30 heavy (non-hydrogen) atoms. The maximum absolute atomic E-state index is 12.8. The maximum atomic E-state index is 12.8.